The third-order valence-electron chi connectivity index (χ3n) is 5.45. The summed E-state index contributed by atoms with van der Waals surface area (Å²) in [6.45, 7) is 1.73. The fourth-order valence-corrected chi connectivity index (χ4v) is 4.61. The Kier molecular flexibility index (Phi) is 6.64. The summed E-state index contributed by atoms with van der Waals surface area (Å²) in [5.74, 6) is 0.470. The molecule has 0 fully saturated rings. The van der Waals surface area contributed by atoms with Crippen LogP contribution in [0.15, 0.2) is 66.7 Å². The quantitative estimate of drug-likeness (QED) is 0.494. The van der Waals surface area contributed by atoms with Crippen molar-refractivity contribution in [2.24, 2.45) is 12.2 Å². The van der Waals surface area contributed by atoms with Crippen molar-refractivity contribution in [1.29, 1.82) is 0 Å². The van der Waals surface area contributed by atoms with Gasteiger partial charge in [0.2, 0.25) is 15.8 Å². The first-order chi connectivity index (χ1) is 14.7. The molecule has 0 aliphatic rings. The number of carbonyl (C=O) groups is 1. The SMILES string of the molecule is CCOc1ccc(C(=O)c2ccc(CC(CO)(c3ccccc3)S(N)(=O)=O)n2C)cc1. The summed E-state index contributed by atoms with van der Waals surface area (Å²) in [5.41, 5.74) is 1.83. The minimum atomic E-state index is -4.18. The fraction of sp³-hybridized carbons (Fsp3) is 0.261. The molecule has 2 aromatic carbocycles. The van der Waals surface area contributed by atoms with E-state index in [-0.39, 0.29) is 12.2 Å². The van der Waals surface area contributed by atoms with Crippen molar-refractivity contribution in [3.8, 4) is 5.75 Å². The lowest BCUT2D eigenvalue weighted by Gasteiger charge is -2.30. The number of rotatable bonds is 9. The van der Waals surface area contributed by atoms with E-state index < -0.39 is 21.4 Å². The van der Waals surface area contributed by atoms with Gasteiger partial charge in [0.15, 0.2) is 0 Å². The molecule has 0 radical (unpaired) electrons. The van der Waals surface area contributed by atoms with E-state index in [1.54, 1.807) is 78.3 Å². The molecule has 0 spiro atoms. The number of aliphatic hydroxyl groups excluding tert-OH is 1. The number of hydrogen-bond acceptors (Lipinski definition) is 5. The molecule has 0 bridgehead atoms. The topological polar surface area (TPSA) is 112 Å². The Balaban J connectivity index is 1.97. The predicted molar refractivity (Wildman–Crippen MR) is 118 cm³/mol. The van der Waals surface area contributed by atoms with Crippen LogP contribution in [0, 0.1) is 0 Å². The molecule has 1 atom stereocenters. The molecule has 0 aliphatic carbocycles. The molecule has 7 nitrogen and oxygen atoms in total. The molecule has 3 N–H and O–H groups in total. The number of benzene rings is 2. The van der Waals surface area contributed by atoms with Crippen molar-refractivity contribution in [2.45, 2.75) is 18.1 Å². The zero-order valence-corrected chi connectivity index (χ0v) is 18.3. The molecule has 31 heavy (non-hydrogen) atoms. The van der Waals surface area contributed by atoms with Crippen LogP contribution in [-0.2, 0) is 28.2 Å². The van der Waals surface area contributed by atoms with E-state index in [1.807, 2.05) is 6.92 Å². The molecule has 1 aromatic heterocycles. The Morgan fingerprint density at radius 1 is 1.06 bits per heavy atom. The summed E-state index contributed by atoms with van der Waals surface area (Å²) in [6.07, 6.45) is -0.0839. The van der Waals surface area contributed by atoms with Gasteiger partial charge in [-0.2, -0.15) is 0 Å². The highest BCUT2D eigenvalue weighted by atomic mass is 32.2. The predicted octanol–water partition coefficient (Wildman–Crippen LogP) is 2.37. The van der Waals surface area contributed by atoms with Gasteiger partial charge in [-0.05, 0) is 48.9 Å². The van der Waals surface area contributed by atoms with Crippen LogP contribution in [0.4, 0.5) is 0 Å². The van der Waals surface area contributed by atoms with Crippen molar-refractivity contribution in [3.05, 3.63) is 89.2 Å². The van der Waals surface area contributed by atoms with Crippen LogP contribution in [0.1, 0.15) is 34.2 Å². The molecule has 164 valence electrons. The summed E-state index contributed by atoms with van der Waals surface area (Å²) >= 11 is 0. The Labute approximate surface area is 182 Å². The van der Waals surface area contributed by atoms with Gasteiger partial charge in [0, 0.05) is 24.7 Å². The first-order valence-corrected chi connectivity index (χ1v) is 11.4. The van der Waals surface area contributed by atoms with Crippen LogP contribution in [0.2, 0.25) is 0 Å². The summed E-state index contributed by atoms with van der Waals surface area (Å²) in [6, 6.07) is 18.5. The molecule has 0 aliphatic heterocycles. The number of carbonyl (C=O) groups excluding carboxylic acids is 1. The highest BCUT2D eigenvalue weighted by molar-refractivity contribution is 7.90. The van der Waals surface area contributed by atoms with Gasteiger partial charge in [-0.1, -0.05) is 30.3 Å². The minimum Gasteiger partial charge on any atom is -0.494 e. The number of aromatic nitrogens is 1. The lowest BCUT2D eigenvalue weighted by molar-refractivity contribution is 0.103. The van der Waals surface area contributed by atoms with E-state index in [1.165, 1.54) is 0 Å². The van der Waals surface area contributed by atoms with Gasteiger partial charge < -0.3 is 14.4 Å². The van der Waals surface area contributed by atoms with Crippen LogP contribution in [0.5, 0.6) is 5.75 Å². The lowest BCUT2D eigenvalue weighted by Crippen LogP contribution is -2.46. The van der Waals surface area contributed by atoms with Gasteiger partial charge in [-0.3, -0.25) is 4.79 Å². The Bertz CT molecular complexity index is 1150. The third-order valence-corrected chi connectivity index (χ3v) is 7.05. The fourth-order valence-electron chi connectivity index (χ4n) is 3.61. The number of hydrogen-bond donors (Lipinski definition) is 2. The third kappa shape index (κ3) is 4.41. The molecular weight excluding hydrogens is 416 g/mol. The van der Waals surface area contributed by atoms with Crippen LogP contribution < -0.4 is 9.88 Å². The Hall–Kier alpha value is -2.94. The van der Waals surface area contributed by atoms with E-state index in [0.29, 0.717) is 34.9 Å². The molecule has 0 saturated heterocycles. The summed E-state index contributed by atoms with van der Waals surface area (Å²) in [4.78, 5) is 13.0. The Morgan fingerprint density at radius 3 is 2.26 bits per heavy atom. The van der Waals surface area contributed by atoms with Gasteiger partial charge in [0.05, 0.1) is 18.9 Å². The van der Waals surface area contributed by atoms with Gasteiger partial charge in [-0.15, -0.1) is 0 Å². The number of nitrogens with two attached hydrogens (primary N) is 1. The maximum atomic E-state index is 13.0. The van der Waals surface area contributed by atoms with Crippen molar-refractivity contribution in [3.63, 3.8) is 0 Å². The number of primary sulfonamides is 1. The standard InChI is InChI=1S/C23H26N2O5S/c1-3-30-20-12-9-17(10-13-20)22(27)21-14-11-19(25(21)2)15-23(16-26,31(24,28)29)18-7-5-4-6-8-18/h4-14,26H,3,15-16H2,1-2H3,(H2,24,28,29). The molecular formula is C23H26N2O5S. The molecule has 3 aromatic rings. The van der Waals surface area contributed by atoms with E-state index in [9.17, 15) is 18.3 Å². The highest BCUT2D eigenvalue weighted by Crippen LogP contribution is 2.33. The second kappa shape index (κ2) is 9.05. The first-order valence-electron chi connectivity index (χ1n) is 9.84. The summed E-state index contributed by atoms with van der Waals surface area (Å²) < 4.78 is 30.5. The van der Waals surface area contributed by atoms with Crippen molar-refractivity contribution < 1.29 is 23.1 Å². The average Bonchev–Trinajstić information content (AvgIpc) is 3.12. The second-order valence-electron chi connectivity index (χ2n) is 7.30. The van der Waals surface area contributed by atoms with E-state index in [4.69, 9.17) is 9.88 Å². The van der Waals surface area contributed by atoms with Crippen LogP contribution in [-0.4, -0.2) is 37.1 Å². The maximum absolute atomic E-state index is 13.0. The monoisotopic (exact) mass is 442 g/mol. The van der Waals surface area contributed by atoms with Gasteiger partial charge in [0.1, 0.15) is 10.5 Å². The smallest absolute Gasteiger partial charge is 0.221 e. The number of nitrogens with zero attached hydrogens (tertiary/aromatic N) is 1. The molecule has 0 amide bonds. The van der Waals surface area contributed by atoms with Crippen LogP contribution in [0.3, 0.4) is 0 Å². The Morgan fingerprint density at radius 2 is 1.71 bits per heavy atom. The lowest BCUT2D eigenvalue weighted by atomic mass is 9.94. The molecule has 1 heterocycles. The second-order valence-corrected chi connectivity index (χ2v) is 9.17. The zero-order valence-electron chi connectivity index (χ0n) is 17.5. The number of aliphatic hydroxyl groups is 1. The first kappa shape index (κ1) is 22.7. The van der Waals surface area contributed by atoms with Gasteiger partial charge >= 0.3 is 0 Å². The normalized spacial score (nSPS) is 13.5. The maximum Gasteiger partial charge on any atom is 0.221 e. The van der Waals surface area contributed by atoms with Crippen LogP contribution in [0.25, 0.3) is 0 Å². The van der Waals surface area contributed by atoms with Crippen molar-refractivity contribution in [2.75, 3.05) is 13.2 Å². The molecule has 3 rings (SSSR count). The molecule has 8 heteroatoms. The summed E-state index contributed by atoms with van der Waals surface area (Å²) in [5, 5.41) is 15.7. The average molecular weight is 443 g/mol. The van der Waals surface area contributed by atoms with E-state index in [2.05, 4.69) is 0 Å². The minimum absolute atomic E-state index is 0.0839. The number of ether oxygens (including phenoxy) is 1. The zero-order chi connectivity index (χ0) is 22.6. The summed E-state index contributed by atoms with van der Waals surface area (Å²) in [7, 11) is -2.49. The van der Waals surface area contributed by atoms with E-state index in [0.717, 1.165) is 0 Å². The van der Waals surface area contributed by atoms with Crippen LogP contribution >= 0.6 is 0 Å². The van der Waals surface area contributed by atoms with Crippen molar-refractivity contribution in [1.82, 2.24) is 4.57 Å². The van der Waals surface area contributed by atoms with Gasteiger partial charge in [0.25, 0.3) is 0 Å². The van der Waals surface area contributed by atoms with E-state index >= 15 is 0 Å². The molecule has 1 unspecified atom stereocenters. The number of sulfonamides is 1. The highest BCUT2D eigenvalue weighted by Gasteiger charge is 2.44. The molecule has 0 saturated carbocycles. The van der Waals surface area contributed by atoms with Crippen molar-refractivity contribution >= 4 is 15.8 Å². The number of ketones is 1. The largest absolute Gasteiger partial charge is 0.494 e. The van der Waals surface area contributed by atoms with Gasteiger partial charge in [-0.25, -0.2) is 13.6 Å².